The van der Waals surface area contributed by atoms with Gasteiger partial charge in [0.05, 0.1) is 46.6 Å². The fourth-order valence-electron chi connectivity index (χ4n) is 6.77. The molecule has 0 aliphatic carbocycles. The molecular weight excluding hydrogens is 706 g/mol. The van der Waals surface area contributed by atoms with E-state index in [1.165, 1.54) is 13.5 Å². The number of hydroxylamine groups is 4. The van der Waals surface area contributed by atoms with Crippen molar-refractivity contribution in [3.63, 3.8) is 0 Å². The lowest BCUT2D eigenvalue weighted by molar-refractivity contribution is -0.104. The Labute approximate surface area is 295 Å². The number of methoxy groups -OCH3 is 2. The normalized spacial score (nSPS) is 15.4. The Morgan fingerprint density at radius 2 is 1.22 bits per heavy atom. The third-order valence-corrected chi connectivity index (χ3v) is 9.97. The van der Waals surface area contributed by atoms with Crippen LogP contribution in [0.1, 0.15) is 66.3 Å². The molecule has 3 aliphatic rings. The van der Waals surface area contributed by atoms with E-state index in [-0.39, 0.29) is 11.7 Å². The van der Waals surface area contributed by atoms with Crippen LogP contribution in [0.15, 0.2) is 83.3 Å². The molecule has 12 heteroatoms. The summed E-state index contributed by atoms with van der Waals surface area (Å²) >= 11 is 3.49. The van der Waals surface area contributed by atoms with Crippen molar-refractivity contribution in [1.29, 1.82) is 0 Å². The average Bonchev–Trinajstić information content (AvgIpc) is 3.16. The topological polar surface area (TPSA) is 126 Å². The SMILES string of the molecule is COc1cc2c3c(cccc3c1Br)C(=O)N(OCc1ccccc1)C2=O.COc1cc2c3c(cccc3c1N1CCCCC1)C(=O)N(O)C2=O. The molecular formula is C38H32BrN3O8. The molecule has 5 aromatic rings. The predicted octanol–water partition coefficient (Wildman–Crippen LogP) is 7.16. The minimum absolute atomic E-state index is 0.122. The standard InChI is InChI=1S/C20H14BrNO4.C18H18N2O4/c1-25-16-10-15-17-13(18(16)21)8-5-9-14(17)19(23)22(20(15)24)26-11-12-6-3-2-4-7-12;1-24-14-10-13-15-11(16(14)19-8-3-2-4-9-19)6-5-7-12(15)17(21)20(23)18(13)22/h2-10H,11H2,1H3;5-7,10,23H,2-4,8-9H2,1H3. The molecule has 0 aromatic heterocycles. The first kappa shape index (κ1) is 33.2. The van der Waals surface area contributed by atoms with Crippen LogP contribution < -0.4 is 14.4 Å². The first-order chi connectivity index (χ1) is 24.2. The van der Waals surface area contributed by atoms with Crippen molar-refractivity contribution in [1.82, 2.24) is 10.1 Å². The van der Waals surface area contributed by atoms with Crippen molar-refractivity contribution in [2.24, 2.45) is 0 Å². The van der Waals surface area contributed by atoms with Crippen LogP contribution in [-0.2, 0) is 11.4 Å². The molecule has 0 radical (unpaired) electrons. The van der Waals surface area contributed by atoms with E-state index in [0.29, 0.717) is 49.0 Å². The summed E-state index contributed by atoms with van der Waals surface area (Å²) in [5.74, 6) is -1.26. The van der Waals surface area contributed by atoms with Gasteiger partial charge in [0.25, 0.3) is 23.6 Å². The number of piperidine rings is 1. The van der Waals surface area contributed by atoms with E-state index < -0.39 is 23.6 Å². The maximum Gasteiger partial charge on any atom is 0.285 e. The van der Waals surface area contributed by atoms with E-state index in [9.17, 15) is 24.4 Å². The predicted molar refractivity (Wildman–Crippen MR) is 189 cm³/mol. The van der Waals surface area contributed by atoms with E-state index in [1.54, 1.807) is 43.5 Å². The number of amides is 4. The number of halogens is 1. The summed E-state index contributed by atoms with van der Waals surface area (Å²) in [6.07, 6.45) is 3.42. The molecule has 3 heterocycles. The lowest BCUT2D eigenvalue weighted by Gasteiger charge is -2.32. The maximum atomic E-state index is 12.9. The minimum atomic E-state index is -0.716. The van der Waals surface area contributed by atoms with Gasteiger partial charge in [0.2, 0.25) is 0 Å². The number of anilines is 1. The van der Waals surface area contributed by atoms with Crippen LogP contribution in [0.2, 0.25) is 0 Å². The largest absolute Gasteiger partial charge is 0.496 e. The maximum absolute atomic E-state index is 12.9. The second-order valence-corrected chi connectivity index (χ2v) is 12.8. The Kier molecular flexibility index (Phi) is 9.00. The van der Waals surface area contributed by atoms with Crippen LogP contribution >= 0.6 is 15.9 Å². The summed E-state index contributed by atoms with van der Waals surface area (Å²) in [6.45, 7) is 1.96. The Morgan fingerprint density at radius 1 is 0.660 bits per heavy atom. The fourth-order valence-corrected chi connectivity index (χ4v) is 7.38. The van der Waals surface area contributed by atoms with Crippen molar-refractivity contribution in [3.05, 3.63) is 111 Å². The van der Waals surface area contributed by atoms with E-state index in [0.717, 1.165) is 53.0 Å². The molecule has 3 aliphatic heterocycles. The highest BCUT2D eigenvalue weighted by atomic mass is 79.9. The van der Waals surface area contributed by atoms with Crippen LogP contribution in [0, 0.1) is 0 Å². The first-order valence-electron chi connectivity index (χ1n) is 16.1. The lowest BCUT2D eigenvalue weighted by atomic mass is 9.92. The number of carbonyl (C=O) groups excluding carboxylic acids is 4. The summed E-state index contributed by atoms with van der Waals surface area (Å²) in [5.41, 5.74) is 3.22. The fraction of sp³-hybridized carbons (Fsp3) is 0.211. The third-order valence-electron chi connectivity index (χ3n) is 9.15. The Bertz CT molecular complexity index is 2200. The molecule has 1 saturated heterocycles. The van der Waals surface area contributed by atoms with Crippen molar-refractivity contribution in [2.45, 2.75) is 25.9 Å². The van der Waals surface area contributed by atoms with Gasteiger partial charge in [-0.25, -0.2) is 0 Å². The molecule has 0 unspecified atom stereocenters. The number of hydrogen-bond donors (Lipinski definition) is 1. The molecule has 11 nitrogen and oxygen atoms in total. The van der Waals surface area contributed by atoms with E-state index in [4.69, 9.17) is 14.3 Å². The van der Waals surface area contributed by atoms with Crippen LogP contribution in [-0.4, -0.2) is 66.3 Å². The quantitative estimate of drug-likeness (QED) is 0.143. The van der Waals surface area contributed by atoms with Gasteiger partial charge in [0, 0.05) is 34.6 Å². The van der Waals surface area contributed by atoms with Gasteiger partial charge in [-0.3, -0.25) is 29.2 Å². The zero-order chi connectivity index (χ0) is 35.1. The van der Waals surface area contributed by atoms with Crippen LogP contribution in [0.3, 0.4) is 0 Å². The summed E-state index contributed by atoms with van der Waals surface area (Å²) in [6, 6.07) is 23.3. The molecule has 8 rings (SSSR count). The van der Waals surface area contributed by atoms with Gasteiger partial charge in [-0.2, -0.15) is 0 Å². The smallest absolute Gasteiger partial charge is 0.285 e. The Morgan fingerprint density at radius 3 is 1.90 bits per heavy atom. The molecule has 0 atom stereocenters. The molecule has 4 amide bonds. The van der Waals surface area contributed by atoms with Gasteiger partial charge < -0.3 is 14.4 Å². The molecule has 1 N–H and O–H groups in total. The first-order valence-corrected chi connectivity index (χ1v) is 16.9. The summed E-state index contributed by atoms with van der Waals surface area (Å²) in [5, 5.41) is 13.6. The summed E-state index contributed by atoms with van der Waals surface area (Å²) in [7, 11) is 3.10. The van der Waals surface area contributed by atoms with Gasteiger partial charge in [-0.05, 0) is 65.0 Å². The van der Waals surface area contributed by atoms with Gasteiger partial charge in [-0.1, -0.05) is 54.6 Å². The number of ether oxygens (including phenoxy) is 2. The Hall–Kier alpha value is -5.30. The monoisotopic (exact) mass is 737 g/mol. The Balaban J connectivity index is 0.000000157. The molecule has 1 fully saturated rings. The summed E-state index contributed by atoms with van der Waals surface area (Å²) < 4.78 is 11.6. The highest BCUT2D eigenvalue weighted by Gasteiger charge is 2.36. The van der Waals surface area contributed by atoms with Crippen LogP contribution in [0.4, 0.5) is 5.69 Å². The number of carbonyl (C=O) groups is 4. The second-order valence-electron chi connectivity index (χ2n) is 12.0. The zero-order valence-corrected chi connectivity index (χ0v) is 28.9. The van der Waals surface area contributed by atoms with Gasteiger partial charge >= 0.3 is 0 Å². The molecule has 0 bridgehead atoms. The second kappa shape index (κ2) is 13.5. The summed E-state index contributed by atoms with van der Waals surface area (Å²) in [4.78, 5) is 58.2. The van der Waals surface area contributed by atoms with Gasteiger partial charge in [-0.15, -0.1) is 10.1 Å². The molecule has 5 aromatic carbocycles. The minimum Gasteiger partial charge on any atom is -0.496 e. The molecule has 50 heavy (non-hydrogen) atoms. The van der Waals surface area contributed by atoms with E-state index >= 15 is 0 Å². The van der Waals surface area contributed by atoms with Crippen LogP contribution in [0.5, 0.6) is 11.5 Å². The molecule has 0 spiro atoms. The average molecular weight is 739 g/mol. The number of rotatable bonds is 6. The number of imide groups is 2. The van der Waals surface area contributed by atoms with Gasteiger partial charge in [0.15, 0.2) is 0 Å². The van der Waals surface area contributed by atoms with Gasteiger partial charge in [0.1, 0.15) is 18.1 Å². The number of nitrogens with zero attached hydrogens (tertiary/aromatic N) is 3. The lowest BCUT2D eigenvalue weighted by Crippen LogP contribution is -2.40. The van der Waals surface area contributed by atoms with Crippen molar-refractivity contribution in [3.8, 4) is 11.5 Å². The van der Waals surface area contributed by atoms with E-state index in [1.807, 2.05) is 42.5 Å². The molecule has 0 saturated carbocycles. The number of hydrogen-bond acceptors (Lipinski definition) is 9. The zero-order valence-electron chi connectivity index (χ0n) is 27.3. The highest BCUT2D eigenvalue weighted by Crippen LogP contribution is 2.43. The highest BCUT2D eigenvalue weighted by molar-refractivity contribution is 9.10. The molecule has 254 valence electrons. The van der Waals surface area contributed by atoms with Crippen molar-refractivity contribution < 1.29 is 38.7 Å². The van der Waals surface area contributed by atoms with Crippen molar-refractivity contribution >= 4 is 66.8 Å². The number of benzene rings is 5. The van der Waals surface area contributed by atoms with Crippen molar-refractivity contribution in [2.75, 3.05) is 32.2 Å². The van der Waals surface area contributed by atoms with E-state index in [2.05, 4.69) is 20.8 Å². The third kappa shape index (κ3) is 5.55. The van der Waals surface area contributed by atoms with Crippen LogP contribution in [0.25, 0.3) is 21.5 Å².